The third kappa shape index (κ3) is 5.80. The number of hydrogen-bond acceptors (Lipinski definition) is 7. The number of aryl methyl sites for hydroxylation is 1. The number of nitrogen functional groups attached to an aromatic ring is 1. The van der Waals surface area contributed by atoms with E-state index in [0.717, 1.165) is 29.1 Å². The van der Waals surface area contributed by atoms with Crippen molar-refractivity contribution in [2.75, 3.05) is 30.7 Å². The topological polar surface area (TPSA) is 115 Å². The second kappa shape index (κ2) is 10.5. The molecule has 0 unspecified atom stereocenters. The summed E-state index contributed by atoms with van der Waals surface area (Å²) in [7, 11) is 1.71. The van der Waals surface area contributed by atoms with Gasteiger partial charge < -0.3 is 20.7 Å². The van der Waals surface area contributed by atoms with Gasteiger partial charge in [0.1, 0.15) is 11.2 Å². The second-order valence-electron chi connectivity index (χ2n) is 10.2. The normalized spacial score (nSPS) is 14.8. The van der Waals surface area contributed by atoms with E-state index in [1.807, 2.05) is 39.0 Å². The Bertz CT molecular complexity index is 1330. The molecule has 3 N–H and O–H groups in total. The molecular weight excluding hydrogens is 524 g/mol. The molecule has 0 spiro atoms. The molecule has 1 aliphatic heterocycles. The van der Waals surface area contributed by atoms with Crippen molar-refractivity contribution in [1.82, 2.24) is 19.4 Å². The minimum Gasteiger partial charge on any atom is -0.444 e. The van der Waals surface area contributed by atoms with Crippen LogP contribution in [0.4, 0.5) is 16.4 Å². The highest BCUT2D eigenvalue weighted by Crippen LogP contribution is 2.31. The van der Waals surface area contributed by atoms with Gasteiger partial charge in [-0.3, -0.25) is 9.36 Å². The Morgan fingerprint density at radius 1 is 1.25 bits per heavy atom. The van der Waals surface area contributed by atoms with Crippen LogP contribution in [0.2, 0.25) is 0 Å². The van der Waals surface area contributed by atoms with Crippen LogP contribution in [0, 0.1) is 5.92 Å². The average Bonchev–Trinajstić information content (AvgIpc) is 2.83. The summed E-state index contributed by atoms with van der Waals surface area (Å²) in [6.45, 7) is 7.77. The molecule has 0 saturated carbocycles. The van der Waals surface area contributed by atoms with Crippen LogP contribution in [0.25, 0.3) is 22.2 Å². The number of benzene rings is 1. The molecular formula is C26H33BrN6O3. The quantitative estimate of drug-likeness (QED) is 0.434. The number of pyridine rings is 1. The van der Waals surface area contributed by atoms with Crippen molar-refractivity contribution in [2.24, 2.45) is 13.0 Å². The Kier molecular flexibility index (Phi) is 7.54. The van der Waals surface area contributed by atoms with E-state index in [2.05, 4.69) is 31.2 Å². The number of aromatic nitrogens is 3. The maximum atomic E-state index is 13.1. The number of carbonyl (C=O) groups is 1. The molecule has 3 aromatic rings. The number of likely N-dealkylation sites (tertiary alicyclic amines) is 1. The SMILES string of the molecule is Cn1c(=O)c(-c2cccc(Br)c2N)cc2cnc(NCCC3CCN(C(=O)OC(C)(C)C)CC3)nc21. The Morgan fingerprint density at radius 2 is 1.97 bits per heavy atom. The average molecular weight is 557 g/mol. The van der Waals surface area contributed by atoms with Crippen LogP contribution >= 0.6 is 15.9 Å². The number of hydrogen-bond donors (Lipinski definition) is 2. The van der Waals surface area contributed by atoms with Crippen LogP contribution in [0.1, 0.15) is 40.0 Å². The molecule has 2 aromatic heterocycles. The number of piperidine rings is 1. The Hall–Kier alpha value is -3.14. The van der Waals surface area contributed by atoms with Crippen molar-refractivity contribution in [3.63, 3.8) is 0 Å². The number of nitrogens with one attached hydrogen (secondary N) is 1. The molecule has 1 saturated heterocycles. The lowest BCUT2D eigenvalue weighted by Gasteiger charge is -2.33. The lowest BCUT2D eigenvalue weighted by molar-refractivity contribution is 0.0182. The van der Waals surface area contributed by atoms with Gasteiger partial charge in [-0.25, -0.2) is 9.78 Å². The van der Waals surface area contributed by atoms with Gasteiger partial charge in [0, 0.05) is 48.3 Å². The predicted octanol–water partition coefficient (Wildman–Crippen LogP) is 4.79. The summed E-state index contributed by atoms with van der Waals surface area (Å²) in [5, 5.41) is 4.05. The fraction of sp³-hybridized carbons (Fsp3) is 0.462. The summed E-state index contributed by atoms with van der Waals surface area (Å²) in [5.74, 6) is 0.998. The number of halogens is 1. The maximum Gasteiger partial charge on any atom is 0.410 e. The Balaban J connectivity index is 1.38. The first-order valence-corrected chi connectivity index (χ1v) is 13.0. The standard InChI is InChI=1S/C26H33BrN6O3/c1-26(2,3)36-25(35)33-12-9-16(10-13-33)8-11-29-24-30-15-17-14-19(23(34)32(4)22(17)31-24)18-6-5-7-20(27)21(18)28/h5-7,14-16H,8-13,28H2,1-4H3,(H,29,30,31). The van der Waals surface area contributed by atoms with E-state index in [4.69, 9.17) is 10.5 Å². The van der Waals surface area contributed by atoms with E-state index < -0.39 is 5.60 Å². The monoisotopic (exact) mass is 556 g/mol. The molecule has 0 atom stereocenters. The molecule has 4 rings (SSSR count). The highest BCUT2D eigenvalue weighted by Gasteiger charge is 2.26. The number of nitrogens with two attached hydrogens (primary N) is 1. The predicted molar refractivity (Wildman–Crippen MR) is 146 cm³/mol. The van der Waals surface area contributed by atoms with Crippen molar-refractivity contribution in [3.05, 3.63) is 45.3 Å². The van der Waals surface area contributed by atoms with Gasteiger partial charge in [-0.05, 0) is 74.0 Å². The summed E-state index contributed by atoms with van der Waals surface area (Å²) in [6.07, 6.45) is 4.32. The minimum atomic E-state index is -0.477. The summed E-state index contributed by atoms with van der Waals surface area (Å²) in [5.41, 5.74) is 7.81. The van der Waals surface area contributed by atoms with Crippen LogP contribution < -0.4 is 16.6 Å². The fourth-order valence-corrected chi connectivity index (χ4v) is 4.78. The lowest BCUT2D eigenvalue weighted by Crippen LogP contribution is -2.41. The Morgan fingerprint density at radius 3 is 2.67 bits per heavy atom. The summed E-state index contributed by atoms with van der Waals surface area (Å²) >= 11 is 3.43. The van der Waals surface area contributed by atoms with Crippen LogP contribution in [0.3, 0.4) is 0 Å². The van der Waals surface area contributed by atoms with Gasteiger partial charge >= 0.3 is 6.09 Å². The maximum absolute atomic E-state index is 13.1. The van der Waals surface area contributed by atoms with E-state index >= 15 is 0 Å². The molecule has 0 bridgehead atoms. The molecule has 9 nitrogen and oxygen atoms in total. The fourth-order valence-electron chi connectivity index (χ4n) is 4.42. The lowest BCUT2D eigenvalue weighted by atomic mass is 9.94. The van der Waals surface area contributed by atoms with E-state index in [1.54, 1.807) is 24.2 Å². The second-order valence-corrected chi connectivity index (χ2v) is 11.1. The molecule has 1 fully saturated rings. The highest BCUT2D eigenvalue weighted by atomic mass is 79.9. The van der Waals surface area contributed by atoms with Crippen LogP contribution in [0.15, 0.2) is 39.7 Å². The number of amides is 1. The van der Waals surface area contributed by atoms with E-state index in [-0.39, 0.29) is 11.7 Å². The third-order valence-electron chi connectivity index (χ3n) is 6.39. The number of fused-ring (bicyclic) bond motifs is 1. The number of ether oxygens (including phenoxy) is 1. The van der Waals surface area contributed by atoms with Gasteiger partial charge in [-0.15, -0.1) is 0 Å². The van der Waals surface area contributed by atoms with Gasteiger partial charge in [-0.2, -0.15) is 4.98 Å². The van der Waals surface area contributed by atoms with Gasteiger partial charge in [-0.1, -0.05) is 12.1 Å². The summed E-state index contributed by atoms with van der Waals surface area (Å²) in [4.78, 5) is 36.2. The zero-order chi connectivity index (χ0) is 26.0. The van der Waals surface area contributed by atoms with E-state index in [0.29, 0.717) is 54.0 Å². The number of para-hydroxylation sites is 1. The molecule has 3 heterocycles. The molecule has 0 aliphatic carbocycles. The molecule has 0 radical (unpaired) electrons. The number of rotatable bonds is 5. The molecule has 1 aromatic carbocycles. The highest BCUT2D eigenvalue weighted by molar-refractivity contribution is 9.10. The first-order valence-electron chi connectivity index (χ1n) is 12.2. The summed E-state index contributed by atoms with van der Waals surface area (Å²) < 4.78 is 7.75. The van der Waals surface area contributed by atoms with Crippen molar-refractivity contribution < 1.29 is 9.53 Å². The molecule has 192 valence electrons. The zero-order valence-electron chi connectivity index (χ0n) is 21.2. The van der Waals surface area contributed by atoms with Crippen molar-refractivity contribution in [2.45, 2.75) is 45.6 Å². The molecule has 1 amide bonds. The number of anilines is 2. The van der Waals surface area contributed by atoms with Gasteiger partial charge in [0.25, 0.3) is 5.56 Å². The van der Waals surface area contributed by atoms with Gasteiger partial charge in [0.2, 0.25) is 5.95 Å². The van der Waals surface area contributed by atoms with Gasteiger partial charge in [0.05, 0.1) is 11.3 Å². The minimum absolute atomic E-state index is 0.173. The van der Waals surface area contributed by atoms with Crippen LogP contribution in [-0.2, 0) is 11.8 Å². The third-order valence-corrected chi connectivity index (χ3v) is 7.09. The number of nitrogens with zero attached hydrogens (tertiary/aromatic N) is 4. The number of carbonyl (C=O) groups excluding carboxylic acids is 1. The molecule has 1 aliphatic rings. The van der Waals surface area contributed by atoms with Crippen molar-refractivity contribution in [3.8, 4) is 11.1 Å². The van der Waals surface area contributed by atoms with Crippen LogP contribution in [0.5, 0.6) is 0 Å². The first kappa shape index (κ1) is 25.9. The smallest absolute Gasteiger partial charge is 0.410 e. The van der Waals surface area contributed by atoms with E-state index in [1.165, 1.54) is 4.57 Å². The van der Waals surface area contributed by atoms with Gasteiger partial charge in [0.15, 0.2) is 0 Å². The molecule has 36 heavy (non-hydrogen) atoms. The Labute approximate surface area is 219 Å². The molecule has 10 heteroatoms. The van der Waals surface area contributed by atoms with Crippen molar-refractivity contribution in [1.29, 1.82) is 0 Å². The van der Waals surface area contributed by atoms with E-state index in [9.17, 15) is 9.59 Å². The largest absolute Gasteiger partial charge is 0.444 e. The first-order chi connectivity index (χ1) is 17.0. The van der Waals surface area contributed by atoms with Crippen molar-refractivity contribution >= 4 is 44.7 Å². The zero-order valence-corrected chi connectivity index (χ0v) is 22.8. The summed E-state index contributed by atoms with van der Waals surface area (Å²) in [6, 6.07) is 7.32. The van der Waals surface area contributed by atoms with Crippen LogP contribution in [-0.4, -0.2) is 50.8 Å².